The normalized spacial score (nSPS) is 20.3. The molecule has 0 fully saturated rings. The monoisotopic (exact) mass is 488 g/mol. The number of aliphatic hydroxyl groups is 2. The van der Waals surface area contributed by atoms with E-state index in [2.05, 4.69) is 22.9 Å². The van der Waals surface area contributed by atoms with Crippen LogP contribution in [0.15, 0.2) is 39.4 Å². The lowest BCUT2D eigenvalue weighted by Gasteiger charge is -2.19. The van der Waals surface area contributed by atoms with E-state index in [0.29, 0.717) is 29.6 Å². The highest BCUT2D eigenvalue weighted by Gasteiger charge is 2.40. The minimum Gasteiger partial charge on any atom is -0.507 e. The second-order valence-electron chi connectivity index (χ2n) is 7.28. The summed E-state index contributed by atoms with van der Waals surface area (Å²) in [7, 11) is -2.05. The maximum absolute atomic E-state index is 12.3. The van der Waals surface area contributed by atoms with Crippen LogP contribution < -0.4 is 0 Å². The third kappa shape index (κ3) is 6.15. The zero-order valence-corrected chi connectivity index (χ0v) is 19.2. The number of phenols is 1. The fraction of sp³-hybridized carbons (Fsp3) is 0.524. The summed E-state index contributed by atoms with van der Waals surface area (Å²) in [5, 5.41) is 29.4. The second kappa shape index (κ2) is 10.7. The molecule has 1 heterocycles. The number of methoxy groups -OCH3 is 1. The summed E-state index contributed by atoms with van der Waals surface area (Å²) in [4.78, 5) is 0. The molecule has 0 radical (unpaired) electrons. The van der Waals surface area contributed by atoms with Crippen molar-refractivity contribution in [1.82, 2.24) is 0 Å². The molecule has 162 valence electrons. The van der Waals surface area contributed by atoms with Crippen molar-refractivity contribution in [3.63, 3.8) is 0 Å². The van der Waals surface area contributed by atoms with E-state index in [0.717, 1.165) is 22.9 Å². The van der Waals surface area contributed by atoms with Gasteiger partial charge in [0.1, 0.15) is 11.0 Å². The van der Waals surface area contributed by atoms with Gasteiger partial charge in [-0.3, -0.25) is 0 Å². The van der Waals surface area contributed by atoms with Crippen LogP contribution >= 0.6 is 15.9 Å². The van der Waals surface area contributed by atoms with Gasteiger partial charge < -0.3 is 20.1 Å². The predicted octanol–water partition coefficient (Wildman–Crippen LogP) is 3.21. The van der Waals surface area contributed by atoms with E-state index in [1.165, 1.54) is 7.11 Å². The predicted molar refractivity (Wildman–Crippen MR) is 117 cm³/mol. The van der Waals surface area contributed by atoms with E-state index in [4.69, 9.17) is 4.74 Å². The molecule has 1 aromatic rings. The maximum Gasteiger partial charge on any atom is 0.163 e. The number of ether oxygens (including phenoxy) is 1. The minimum atomic E-state index is -3.53. The van der Waals surface area contributed by atoms with E-state index in [9.17, 15) is 23.7 Å². The number of hydrogen-bond donors (Lipinski definition) is 3. The Labute approximate surface area is 181 Å². The Hall–Kier alpha value is -1.19. The van der Waals surface area contributed by atoms with Crippen molar-refractivity contribution in [3.05, 3.63) is 45.0 Å². The highest BCUT2D eigenvalue weighted by molar-refractivity contribution is 9.10. The van der Waals surface area contributed by atoms with E-state index in [-0.39, 0.29) is 18.1 Å². The van der Waals surface area contributed by atoms with Gasteiger partial charge in [-0.05, 0) is 48.6 Å². The molecule has 8 heteroatoms. The molecule has 1 aliphatic rings. The summed E-state index contributed by atoms with van der Waals surface area (Å²) in [5.41, 5.74) is 2.64. The number of rotatable bonds is 10. The van der Waals surface area contributed by atoms with Crippen molar-refractivity contribution in [2.45, 2.75) is 44.0 Å². The van der Waals surface area contributed by atoms with Gasteiger partial charge in [0.2, 0.25) is 0 Å². The molecule has 0 saturated heterocycles. The van der Waals surface area contributed by atoms with Crippen LogP contribution in [-0.4, -0.2) is 61.2 Å². The van der Waals surface area contributed by atoms with Crippen molar-refractivity contribution in [3.8, 4) is 5.75 Å². The number of allylic oxidation sites excluding steroid dienone is 1. The Morgan fingerprint density at radius 2 is 2.10 bits per heavy atom. The quantitative estimate of drug-likeness (QED) is 0.436. The zero-order chi connectivity index (χ0) is 21.6. The highest BCUT2D eigenvalue weighted by Crippen LogP contribution is 2.33. The Balaban J connectivity index is 2.23. The topological polar surface area (TPSA) is 104 Å². The summed E-state index contributed by atoms with van der Waals surface area (Å²) in [5.74, 6) is -0.0168. The van der Waals surface area contributed by atoms with Gasteiger partial charge in [-0.15, -0.1) is 0 Å². The summed E-state index contributed by atoms with van der Waals surface area (Å²) < 4.78 is 30.6. The van der Waals surface area contributed by atoms with E-state index >= 15 is 0 Å². The van der Waals surface area contributed by atoms with Crippen molar-refractivity contribution in [2.24, 2.45) is 0 Å². The number of hydrogen-bond acceptors (Lipinski definition) is 6. The SMILES string of the molecule is CCC/C(=C\c1cc(Br)ccc1O)CC[C@@H](O)C1=C(COC)CS(=O)(=O)[C@H]1CO. The van der Waals surface area contributed by atoms with Crippen molar-refractivity contribution in [1.29, 1.82) is 0 Å². The number of sulfone groups is 1. The molecule has 6 nitrogen and oxygen atoms in total. The van der Waals surface area contributed by atoms with Crippen LogP contribution in [0, 0.1) is 0 Å². The molecule has 2 atom stereocenters. The molecule has 1 aliphatic heterocycles. The number of benzene rings is 1. The van der Waals surface area contributed by atoms with Gasteiger partial charge in [0, 0.05) is 17.1 Å². The number of phenolic OH excluding ortho intramolecular Hbond substituents is 1. The molecule has 0 unspecified atom stereocenters. The number of aromatic hydroxyl groups is 1. The van der Waals surface area contributed by atoms with Gasteiger partial charge in [0.05, 0.1) is 25.1 Å². The van der Waals surface area contributed by atoms with Gasteiger partial charge in [0.15, 0.2) is 9.84 Å². The lowest BCUT2D eigenvalue weighted by atomic mass is 9.93. The first-order valence-electron chi connectivity index (χ1n) is 9.62. The lowest BCUT2D eigenvalue weighted by Crippen LogP contribution is -2.29. The van der Waals surface area contributed by atoms with Gasteiger partial charge in [-0.1, -0.05) is 40.9 Å². The standard InChI is InChI=1S/C21H29BrO6S/c1-3-4-14(9-15-10-17(22)6-8-18(15)24)5-7-19(25)21-16(12-28-2)13-29(26,27)20(21)11-23/h6,8-10,19-20,23-25H,3-5,7,11-13H2,1-2H3/b14-9+/t19-,20+/m1/s1. The second-order valence-corrected chi connectivity index (χ2v) is 10.4. The zero-order valence-electron chi connectivity index (χ0n) is 16.8. The van der Waals surface area contributed by atoms with Crippen LogP contribution in [0.4, 0.5) is 0 Å². The van der Waals surface area contributed by atoms with Crippen LogP contribution in [0.1, 0.15) is 38.2 Å². The van der Waals surface area contributed by atoms with Crippen molar-refractivity contribution >= 4 is 31.8 Å². The van der Waals surface area contributed by atoms with E-state index in [1.807, 2.05) is 12.1 Å². The van der Waals surface area contributed by atoms with E-state index in [1.54, 1.807) is 12.1 Å². The Morgan fingerprint density at radius 3 is 2.72 bits per heavy atom. The summed E-state index contributed by atoms with van der Waals surface area (Å²) in [6.45, 7) is 1.62. The third-order valence-corrected chi connectivity index (χ3v) is 7.58. The Bertz CT molecular complexity index is 875. The van der Waals surface area contributed by atoms with Crippen LogP contribution in [0.2, 0.25) is 0 Å². The van der Waals surface area contributed by atoms with Gasteiger partial charge >= 0.3 is 0 Å². The average molecular weight is 489 g/mol. The molecule has 29 heavy (non-hydrogen) atoms. The summed E-state index contributed by atoms with van der Waals surface area (Å²) in [6.07, 6.45) is 3.51. The molecule has 0 saturated carbocycles. The highest BCUT2D eigenvalue weighted by atomic mass is 79.9. The van der Waals surface area contributed by atoms with Crippen LogP contribution in [-0.2, 0) is 14.6 Å². The van der Waals surface area contributed by atoms with Gasteiger partial charge in [0.25, 0.3) is 0 Å². The van der Waals surface area contributed by atoms with Crippen LogP contribution in [0.3, 0.4) is 0 Å². The van der Waals surface area contributed by atoms with Crippen LogP contribution in [0.5, 0.6) is 5.75 Å². The van der Waals surface area contributed by atoms with Crippen molar-refractivity contribution in [2.75, 3.05) is 26.1 Å². The fourth-order valence-electron chi connectivity index (χ4n) is 3.74. The maximum atomic E-state index is 12.3. The molecule has 0 aliphatic carbocycles. The lowest BCUT2D eigenvalue weighted by molar-refractivity contribution is 0.182. The smallest absolute Gasteiger partial charge is 0.163 e. The minimum absolute atomic E-state index is 0.117. The Kier molecular flexibility index (Phi) is 8.91. The van der Waals surface area contributed by atoms with Gasteiger partial charge in [-0.2, -0.15) is 0 Å². The van der Waals surface area contributed by atoms with E-state index < -0.39 is 27.8 Å². The molecule has 2 rings (SSSR count). The third-order valence-electron chi connectivity index (χ3n) is 5.07. The molecule has 3 N–H and O–H groups in total. The van der Waals surface area contributed by atoms with Crippen LogP contribution in [0.25, 0.3) is 6.08 Å². The molecular weight excluding hydrogens is 460 g/mol. The average Bonchev–Trinajstić information content (AvgIpc) is 2.92. The largest absolute Gasteiger partial charge is 0.507 e. The molecule has 1 aromatic carbocycles. The Morgan fingerprint density at radius 1 is 1.38 bits per heavy atom. The summed E-state index contributed by atoms with van der Waals surface area (Å²) in [6, 6.07) is 5.20. The first-order valence-corrected chi connectivity index (χ1v) is 12.1. The number of aliphatic hydroxyl groups excluding tert-OH is 2. The molecule has 0 spiro atoms. The molecule has 0 amide bonds. The molecular formula is C21H29BrO6S. The molecule has 0 aromatic heterocycles. The fourth-order valence-corrected chi connectivity index (χ4v) is 5.99. The van der Waals surface area contributed by atoms with Gasteiger partial charge in [-0.25, -0.2) is 8.42 Å². The number of halogens is 1. The first-order chi connectivity index (χ1) is 13.7. The summed E-state index contributed by atoms with van der Waals surface area (Å²) >= 11 is 3.40. The molecule has 0 bridgehead atoms. The first kappa shape index (κ1) is 24.1. The van der Waals surface area contributed by atoms with Crippen molar-refractivity contribution < 1.29 is 28.5 Å².